The van der Waals surface area contributed by atoms with E-state index in [9.17, 15) is 19.6 Å². The number of rotatable bonds is 23. The number of H-pyrrole nitrogens is 1. The van der Waals surface area contributed by atoms with Gasteiger partial charge in [-0.15, -0.1) is 0 Å². The van der Waals surface area contributed by atoms with Gasteiger partial charge in [-0.1, -0.05) is 54.6 Å². The first-order valence-corrected chi connectivity index (χ1v) is 22.1. The molecule has 1 aliphatic heterocycles. The molecule has 18 heteroatoms. The molecular weight excluding hydrogens is 844 g/mol. The Hall–Kier alpha value is -5.62. The number of aromatic amines is 1. The number of methoxy groups -OCH3 is 2. The van der Waals surface area contributed by atoms with Crippen molar-refractivity contribution in [2.24, 2.45) is 0 Å². The first kappa shape index (κ1) is 49.4. The molecule has 0 aliphatic carbocycles. The van der Waals surface area contributed by atoms with E-state index < -0.39 is 56.0 Å². The number of hydrogen-bond donors (Lipinski definition) is 2. The second-order valence-electron chi connectivity index (χ2n) is 15.3. The molecule has 0 bridgehead atoms. The lowest BCUT2D eigenvalue weighted by atomic mass is 9.80. The lowest BCUT2D eigenvalue weighted by Gasteiger charge is -2.39. The van der Waals surface area contributed by atoms with Gasteiger partial charge >= 0.3 is 11.8 Å². The number of carbonyl (C=O) groups excluding carboxylic acids is 1. The van der Waals surface area contributed by atoms with Crippen LogP contribution in [0.4, 0.5) is 4.79 Å². The van der Waals surface area contributed by atoms with Crippen LogP contribution in [0.3, 0.4) is 0 Å². The number of nitrogens with zero attached hydrogens (tertiary/aromatic N) is 4. The zero-order valence-corrected chi connectivity index (χ0v) is 38.1. The van der Waals surface area contributed by atoms with E-state index in [4.69, 9.17) is 42.7 Å². The van der Waals surface area contributed by atoms with E-state index in [1.165, 1.54) is 10.8 Å². The van der Waals surface area contributed by atoms with Crippen LogP contribution in [0.1, 0.15) is 69.0 Å². The summed E-state index contributed by atoms with van der Waals surface area (Å²) in [6.07, 6.45) is -3.48. The molecule has 17 nitrogen and oxygen atoms in total. The fourth-order valence-electron chi connectivity index (χ4n) is 7.41. The number of aromatic nitrogens is 2. The molecule has 2 heterocycles. The molecule has 64 heavy (non-hydrogen) atoms. The van der Waals surface area contributed by atoms with Crippen molar-refractivity contribution in [3.63, 3.8) is 0 Å². The van der Waals surface area contributed by atoms with Crippen LogP contribution in [-0.2, 0) is 33.6 Å². The Morgan fingerprint density at radius 2 is 1.44 bits per heavy atom. The summed E-state index contributed by atoms with van der Waals surface area (Å²) in [5, 5.41) is 21.0. The van der Waals surface area contributed by atoms with Crippen molar-refractivity contribution in [1.29, 1.82) is 10.5 Å². The van der Waals surface area contributed by atoms with E-state index in [2.05, 4.69) is 21.0 Å². The average molecular weight is 901 g/mol. The van der Waals surface area contributed by atoms with E-state index >= 15 is 0 Å². The summed E-state index contributed by atoms with van der Waals surface area (Å²) in [6.45, 7) is 9.33. The molecule has 5 atom stereocenters. The summed E-state index contributed by atoms with van der Waals surface area (Å²) >= 11 is 0. The smallest absolute Gasteiger partial charge is 0.407 e. The van der Waals surface area contributed by atoms with Gasteiger partial charge in [-0.05, 0) is 75.6 Å². The predicted molar refractivity (Wildman–Crippen MR) is 238 cm³/mol. The number of alkyl carbamates (subject to hydrolysis) is 1. The summed E-state index contributed by atoms with van der Waals surface area (Å²) in [6, 6.07) is 28.8. The minimum atomic E-state index is -1.93. The lowest BCUT2D eigenvalue weighted by Crippen LogP contribution is -2.44. The maximum Gasteiger partial charge on any atom is 0.407 e. The molecule has 1 fully saturated rings. The van der Waals surface area contributed by atoms with Crippen LogP contribution in [0.25, 0.3) is 0 Å². The fourth-order valence-corrected chi connectivity index (χ4v) is 9.18. The van der Waals surface area contributed by atoms with Gasteiger partial charge in [0.25, 0.3) is 14.1 Å². The minimum absolute atomic E-state index is 0.0222. The SMILES string of the molecule is COc1ccc(C(OC[C@H]2O[C@@H](n3cc(C)c(=O)[nH]c3=O)[C@H](OCCNC(=O)OCCC#N)[C@@H]2OP(OCCC#N)N(C(C)C)C(C)C)(c2ccccc2)c2ccc(OC)cc2)cc1. The van der Waals surface area contributed by atoms with Gasteiger partial charge in [0.1, 0.15) is 42.0 Å². The highest BCUT2D eigenvalue weighted by Gasteiger charge is 2.51. The standard InChI is InChI=1S/C46H57N6O11P/c1-31(2)52(32(3)4)64(61-27-12-24-48)63-40-39(62-43(51-29-33(5)42(53)50-44(51)54)41(40)58-28-25-49-45(55)59-26-11-23-47)30-60-46(34-13-9-8-10-14-34,35-15-19-37(56-6)20-16-35)36-17-21-38(57-7)22-18-36/h8-10,13-22,29,31-32,39-41,43H,11-12,25-28,30H2,1-7H3,(H,49,55)(H,50,53,54)/t39-,40-,41-,43-,64?/m1/s1. The van der Waals surface area contributed by atoms with E-state index in [0.29, 0.717) is 11.5 Å². The molecule has 1 aromatic heterocycles. The maximum absolute atomic E-state index is 13.7. The summed E-state index contributed by atoms with van der Waals surface area (Å²) in [4.78, 5) is 41.1. The molecule has 4 aromatic rings. The van der Waals surface area contributed by atoms with Crippen molar-refractivity contribution >= 4 is 14.6 Å². The van der Waals surface area contributed by atoms with Crippen LogP contribution < -0.4 is 26.0 Å². The topological polar surface area (TPSA) is 209 Å². The number of nitriles is 2. The largest absolute Gasteiger partial charge is 0.497 e. The average Bonchev–Trinajstić information content (AvgIpc) is 3.62. The highest BCUT2D eigenvalue weighted by Crippen LogP contribution is 2.51. The van der Waals surface area contributed by atoms with Crippen LogP contribution in [0.5, 0.6) is 11.5 Å². The molecule has 5 rings (SSSR count). The van der Waals surface area contributed by atoms with Crippen molar-refractivity contribution in [3.05, 3.63) is 128 Å². The maximum atomic E-state index is 13.7. The van der Waals surface area contributed by atoms with Gasteiger partial charge in [0.15, 0.2) is 6.23 Å². The summed E-state index contributed by atoms with van der Waals surface area (Å²) in [7, 11) is 1.26. The normalized spacial score (nSPS) is 17.8. The molecule has 0 spiro atoms. The second kappa shape index (κ2) is 23.9. The number of benzene rings is 3. The van der Waals surface area contributed by atoms with Gasteiger partial charge in [0.05, 0.1) is 59.0 Å². The molecule has 2 N–H and O–H groups in total. The monoisotopic (exact) mass is 900 g/mol. The van der Waals surface area contributed by atoms with Crippen LogP contribution in [0.15, 0.2) is 94.6 Å². The highest BCUT2D eigenvalue weighted by atomic mass is 31.2. The van der Waals surface area contributed by atoms with Gasteiger partial charge in [0, 0.05) is 30.4 Å². The zero-order valence-electron chi connectivity index (χ0n) is 37.2. The number of carbonyl (C=O) groups is 1. The van der Waals surface area contributed by atoms with Crippen LogP contribution >= 0.6 is 8.53 Å². The van der Waals surface area contributed by atoms with Crippen molar-refractivity contribution < 1.29 is 42.3 Å². The minimum Gasteiger partial charge on any atom is -0.497 e. The van der Waals surface area contributed by atoms with Crippen LogP contribution in [-0.4, -0.2) is 97.9 Å². The van der Waals surface area contributed by atoms with E-state index in [1.54, 1.807) is 21.1 Å². The lowest BCUT2D eigenvalue weighted by molar-refractivity contribution is -0.0975. The third kappa shape index (κ3) is 12.1. The van der Waals surface area contributed by atoms with Crippen molar-refractivity contribution in [1.82, 2.24) is 19.5 Å². The Morgan fingerprint density at radius 1 is 0.859 bits per heavy atom. The van der Waals surface area contributed by atoms with E-state index in [1.807, 2.05) is 113 Å². The molecule has 1 unspecified atom stereocenters. The molecule has 0 saturated carbocycles. The number of hydrogen-bond acceptors (Lipinski definition) is 14. The molecule has 1 amide bonds. The fraction of sp³-hybridized carbons (Fsp3) is 0.457. The van der Waals surface area contributed by atoms with Gasteiger partial charge in [0.2, 0.25) is 0 Å². The molecule has 1 saturated heterocycles. The molecule has 1 aliphatic rings. The third-order valence-electron chi connectivity index (χ3n) is 10.3. The predicted octanol–water partition coefficient (Wildman–Crippen LogP) is 6.45. The Kier molecular flexibility index (Phi) is 18.4. The first-order valence-electron chi connectivity index (χ1n) is 21.0. The first-order chi connectivity index (χ1) is 30.9. The van der Waals surface area contributed by atoms with Gasteiger partial charge in [-0.25, -0.2) is 14.3 Å². The Balaban J connectivity index is 1.66. The van der Waals surface area contributed by atoms with Crippen LogP contribution in [0, 0.1) is 29.6 Å². The summed E-state index contributed by atoms with van der Waals surface area (Å²) in [5.41, 5.74) is -0.0278. The van der Waals surface area contributed by atoms with Crippen molar-refractivity contribution in [2.75, 3.05) is 47.2 Å². The molecule has 342 valence electrons. The van der Waals surface area contributed by atoms with Crippen molar-refractivity contribution in [2.45, 2.75) is 89.7 Å². The number of amides is 1. The number of aryl methyl sites for hydroxylation is 1. The Bertz CT molecular complexity index is 2240. The summed E-state index contributed by atoms with van der Waals surface area (Å²) < 4.78 is 53.6. The quantitative estimate of drug-likeness (QED) is 0.0466. The van der Waals surface area contributed by atoms with Crippen LogP contribution in [0.2, 0.25) is 0 Å². The number of nitrogens with one attached hydrogen (secondary N) is 2. The van der Waals surface area contributed by atoms with Crippen molar-refractivity contribution in [3.8, 4) is 23.6 Å². The zero-order chi connectivity index (χ0) is 46.2. The van der Waals surface area contributed by atoms with Gasteiger partial charge in [-0.3, -0.25) is 14.3 Å². The van der Waals surface area contributed by atoms with E-state index in [-0.39, 0.29) is 63.5 Å². The molecule has 0 radical (unpaired) electrons. The summed E-state index contributed by atoms with van der Waals surface area (Å²) in [5.74, 6) is 1.29. The molecular formula is C46H57N6O11P. The molecule has 3 aromatic carbocycles. The Labute approximate surface area is 374 Å². The third-order valence-corrected chi connectivity index (χ3v) is 12.5. The second-order valence-corrected chi connectivity index (χ2v) is 16.7. The van der Waals surface area contributed by atoms with Gasteiger partial charge in [-0.2, -0.15) is 10.5 Å². The van der Waals surface area contributed by atoms with Gasteiger partial charge < -0.3 is 42.8 Å². The number of ether oxygens (including phenoxy) is 6. The van der Waals surface area contributed by atoms with E-state index in [0.717, 1.165) is 16.7 Å². The Morgan fingerprint density at radius 3 is 2.00 bits per heavy atom. The highest BCUT2D eigenvalue weighted by molar-refractivity contribution is 7.44.